The average molecular weight is 469 g/mol. The van der Waals surface area contributed by atoms with E-state index in [0.717, 1.165) is 18.2 Å². The number of guanidine groups is 1. The zero-order chi connectivity index (χ0) is 17.4. The Balaban J connectivity index is 0.00000312. The van der Waals surface area contributed by atoms with Gasteiger partial charge in [0.15, 0.2) is 5.96 Å². The zero-order valence-electron chi connectivity index (χ0n) is 14.3. The molecular formula is C17H26F2IN3O2. The van der Waals surface area contributed by atoms with Crippen LogP contribution in [0.5, 0.6) is 0 Å². The Bertz CT molecular complexity index is 557. The maximum absolute atomic E-state index is 13.6. The quantitative estimate of drug-likeness (QED) is 0.296. The Morgan fingerprint density at radius 3 is 2.80 bits per heavy atom. The number of aliphatic hydroxyl groups excluding tert-OH is 1. The van der Waals surface area contributed by atoms with Crippen molar-refractivity contribution in [3.05, 3.63) is 35.4 Å². The summed E-state index contributed by atoms with van der Waals surface area (Å²) in [4.78, 5) is 4.21. The lowest BCUT2D eigenvalue weighted by molar-refractivity contribution is 0.0345. The second kappa shape index (κ2) is 11.6. The molecule has 0 saturated heterocycles. The molecule has 1 aliphatic rings. The number of benzene rings is 1. The molecular weight excluding hydrogens is 443 g/mol. The normalized spacial score (nSPS) is 15.4. The first-order valence-corrected chi connectivity index (χ1v) is 8.30. The van der Waals surface area contributed by atoms with E-state index in [0.29, 0.717) is 25.0 Å². The number of hydrogen-bond donors (Lipinski definition) is 3. The summed E-state index contributed by atoms with van der Waals surface area (Å²) < 4.78 is 32.2. The fourth-order valence-electron chi connectivity index (χ4n) is 2.10. The van der Waals surface area contributed by atoms with E-state index in [4.69, 9.17) is 4.74 Å². The van der Waals surface area contributed by atoms with Crippen LogP contribution >= 0.6 is 24.0 Å². The number of halogens is 3. The van der Waals surface area contributed by atoms with Crippen molar-refractivity contribution in [1.29, 1.82) is 0 Å². The molecule has 0 bridgehead atoms. The smallest absolute Gasteiger partial charge is 0.191 e. The number of hydrogen-bond acceptors (Lipinski definition) is 3. The van der Waals surface area contributed by atoms with Gasteiger partial charge in [0, 0.05) is 25.3 Å². The molecule has 0 spiro atoms. The number of ether oxygens (including phenoxy) is 1. The lowest BCUT2D eigenvalue weighted by Crippen LogP contribution is -2.42. The van der Waals surface area contributed by atoms with Gasteiger partial charge in [-0.1, -0.05) is 0 Å². The third kappa shape index (κ3) is 8.77. The zero-order valence-corrected chi connectivity index (χ0v) is 16.6. The van der Waals surface area contributed by atoms with Gasteiger partial charge in [-0.05, 0) is 43.9 Å². The number of rotatable bonds is 9. The van der Waals surface area contributed by atoms with Crippen molar-refractivity contribution in [3.63, 3.8) is 0 Å². The van der Waals surface area contributed by atoms with Gasteiger partial charge in [-0.3, -0.25) is 0 Å². The maximum Gasteiger partial charge on any atom is 0.191 e. The first-order chi connectivity index (χ1) is 11.6. The van der Waals surface area contributed by atoms with E-state index in [1.165, 1.54) is 12.8 Å². The van der Waals surface area contributed by atoms with Crippen LogP contribution in [0.25, 0.3) is 0 Å². The molecule has 5 nitrogen and oxygen atoms in total. The molecule has 2 rings (SSSR count). The highest BCUT2D eigenvalue weighted by Crippen LogP contribution is 2.28. The standard InChI is InChI=1S/C17H25F2N3O2.HI/c1-2-20-17(21-8-13-7-14(18)5-6-16(13)19)22-9-15(23)11-24-10-12-3-4-12;/h5-7,12,15,23H,2-4,8-11H2,1H3,(H2,20,21,22);1H. The molecule has 0 heterocycles. The summed E-state index contributed by atoms with van der Waals surface area (Å²) in [7, 11) is 0. The van der Waals surface area contributed by atoms with Gasteiger partial charge < -0.3 is 20.5 Å². The molecule has 1 saturated carbocycles. The first kappa shape index (κ1) is 22.0. The third-order valence-electron chi connectivity index (χ3n) is 3.63. The van der Waals surface area contributed by atoms with E-state index < -0.39 is 17.7 Å². The minimum Gasteiger partial charge on any atom is -0.389 e. The van der Waals surface area contributed by atoms with E-state index in [9.17, 15) is 13.9 Å². The first-order valence-electron chi connectivity index (χ1n) is 8.30. The van der Waals surface area contributed by atoms with Crippen molar-refractivity contribution >= 4 is 29.9 Å². The van der Waals surface area contributed by atoms with Crippen molar-refractivity contribution in [2.45, 2.75) is 32.4 Å². The van der Waals surface area contributed by atoms with Crippen LogP contribution in [0.3, 0.4) is 0 Å². The van der Waals surface area contributed by atoms with Crippen LogP contribution in [0.2, 0.25) is 0 Å². The van der Waals surface area contributed by atoms with Crippen molar-refractivity contribution in [1.82, 2.24) is 10.6 Å². The highest BCUT2D eigenvalue weighted by atomic mass is 127. The van der Waals surface area contributed by atoms with Gasteiger partial charge in [-0.15, -0.1) is 24.0 Å². The molecule has 0 aromatic heterocycles. The molecule has 25 heavy (non-hydrogen) atoms. The molecule has 1 fully saturated rings. The Morgan fingerprint density at radius 1 is 1.36 bits per heavy atom. The Hall–Kier alpha value is -1.00. The Morgan fingerprint density at radius 2 is 2.12 bits per heavy atom. The van der Waals surface area contributed by atoms with Crippen LogP contribution in [-0.2, 0) is 11.3 Å². The van der Waals surface area contributed by atoms with Gasteiger partial charge in [0.25, 0.3) is 0 Å². The van der Waals surface area contributed by atoms with Gasteiger partial charge >= 0.3 is 0 Å². The molecule has 142 valence electrons. The van der Waals surface area contributed by atoms with Gasteiger partial charge in [0.2, 0.25) is 0 Å². The van der Waals surface area contributed by atoms with Crippen LogP contribution in [0, 0.1) is 17.6 Å². The second-order valence-corrected chi connectivity index (χ2v) is 5.95. The number of nitrogens with zero attached hydrogens (tertiary/aromatic N) is 1. The summed E-state index contributed by atoms with van der Waals surface area (Å²) in [5.41, 5.74) is 0.181. The largest absolute Gasteiger partial charge is 0.389 e. The molecule has 0 amide bonds. The molecule has 1 aromatic carbocycles. The summed E-state index contributed by atoms with van der Waals surface area (Å²) in [5, 5.41) is 15.9. The summed E-state index contributed by atoms with van der Waals surface area (Å²) in [5.74, 6) is 0.0971. The highest BCUT2D eigenvalue weighted by molar-refractivity contribution is 14.0. The van der Waals surface area contributed by atoms with E-state index in [2.05, 4.69) is 15.6 Å². The lowest BCUT2D eigenvalue weighted by Gasteiger charge is -2.15. The highest BCUT2D eigenvalue weighted by Gasteiger charge is 2.21. The van der Waals surface area contributed by atoms with Gasteiger partial charge in [-0.2, -0.15) is 0 Å². The number of aliphatic hydroxyl groups is 1. The predicted molar refractivity (Wildman–Crippen MR) is 104 cm³/mol. The molecule has 0 aliphatic heterocycles. The molecule has 3 N–H and O–H groups in total. The minimum atomic E-state index is -0.654. The van der Waals surface area contributed by atoms with Crippen LogP contribution in [0.1, 0.15) is 25.3 Å². The third-order valence-corrected chi connectivity index (χ3v) is 3.63. The van der Waals surface area contributed by atoms with Gasteiger partial charge in [0.1, 0.15) is 11.6 Å². The van der Waals surface area contributed by atoms with Crippen molar-refractivity contribution in [2.75, 3.05) is 26.3 Å². The fourth-order valence-corrected chi connectivity index (χ4v) is 2.10. The second-order valence-electron chi connectivity index (χ2n) is 5.95. The van der Waals surface area contributed by atoms with Crippen LogP contribution in [-0.4, -0.2) is 43.5 Å². The SMILES string of the molecule is CCNC(=NCc1cc(F)ccc1F)NCC(O)COCC1CC1.I. The Kier molecular flexibility index (Phi) is 10.2. The van der Waals surface area contributed by atoms with Crippen molar-refractivity contribution in [2.24, 2.45) is 10.9 Å². The topological polar surface area (TPSA) is 65.9 Å². The molecule has 8 heteroatoms. The van der Waals surface area contributed by atoms with Crippen molar-refractivity contribution in [3.8, 4) is 0 Å². The van der Waals surface area contributed by atoms with Crippen molar-refractivity contribution < 1.29 is 18.6 Å². The molecule has 0 radical (unpaired) electrons. The van der Waals surface area contributed by atoms with Gasteiger partial charge in [-0.25, -0.2) is 13.8 Å². The average Bonchev–Trinajstić information content (AvgIpc) is 3.37. The van der Waals surface area contributed by atoms with Crippen LogP contribution < -0.4 is 10.6 Å². The van der Waals surface area contributed by atoms with Gasteiger partial charge in [0.05, 0.1) is 19.3 Å². The lowest BCUT2D eigenvalue weighted by atomic mass is 10.2. The van der Waals surface area contributed by atoms with E-state index in [1.807, 2.05) is 6.92 Å². The summed E-state index contributed by atoms with van der Waals surface area (Å²) >= 11 is 0. The number of nitrogens with one attached hydrogen (secondary N) is 2. The van der Waals surface area contributed by atoms with E-state index >= 15 is 0 Å². The minimum absolute atomic E-state index is 0. The maximum atomic E-state index is 13.6. The number of aliphatic imine (C=N–C) groups is 1. The predicted octanol–water partition coefficient (Wildman–Crippen LogP) is 2.43. The molecule has 1 aliphatic carbocycles. The summed E-state index contributed by atoms with van der Waals surface area (Å²) in [6.07, 6.45) is 1.77. The Labute approximate surface area is 164 Å². The fraction of sp³-hybridized carbons (Fsp3) is 0.588. The van der Waals surface area contributed by atoms with E-state index in [-0.39, 0.29) is 49.2 Å². The monoisotopic (exact) mass is 469 g/mol. The molecule has 1 atom stereocenters. The summed E-state index contributed by atoms with van der Waals surface area (Å²) in [6, 6.07) is 3.29. The summed E-state index contributed by atoms with van der Waals surface area (Å²) in [6.45, 7) is 3.75. The molecule has 1 aromatic rings. The van der Waals surface area contributed by atoms with Crippen LogP contribution in [0.4, 0.5) is 8.78 Å². The van der Waals surface area contributed by atoms with Crippen LogP contribution in [0.15, 0.2) is 23.2 Å². The molecule has 1 unspecified atom stereocenters. The van der Waals surface area contributed by atoms with E-state index in [1.54, 1.807) is 0 Å².